The van der Waals surface area contributed by atoms with E-state index in [0.29, 0.717) is 36.0 Å². The lowest BCUT2D eigenvalue weighted by Crippen LogP contribution is -2.24. The summed E-state index contributed by atoms with van der Waals surface area (Å²) in [6.45, 7) is 1.31. The summed E-state index contributed by atoms with van der Waals surface area (Å²) in [6.07, 6.45) is 0. The van der Waals surface area contributed by atoms with Crippen molar-refractivity contribution in [3.63, 3.8) is 0 Å². The average molecular weight is 400 g/mol. The fourth-order valence-electron chi connectivity index (χ4n) is 2.21. The molecule has 0 aliphatic rings. The molecule has 0 aliphatic heterocycles. The molecular weight excluding hydrogens is 382 g/mol. The average Bonchev–Trinajstić information content (AvgIpc) is 2.56. The number of primary sulfonamides is 1. The van der Waals surface area contributed by atoms with Gasteiger partial charge >= 0.3 is 0 Å². The zero-order chi connectivity index (χ0) is 19.3. The van der Waals surface area contributed by atoms with Gasteiger partial charge in [0.15, 0.2) is 0 Å². The van der Waals surface area contributed by atoms with E-state index in [1.54, 1.807) is 0 Å². The number of hydrogen-bond acceptors (Lipinski definition) is 6. The van der Waals surface area contributed by atoms with Gasteiger partial charge in [0.25, 0.3) is 5.69 Å². The molecule has 2 rings (SSSR count). The molecule has 0 spiro atoms. The molecule has 26 heavy (non-hydrogen) atoms. The van der Waals surface area contributed by atoms with E-state index in [1.807, 2.05) is 11.9 Å². The molecule has 0 saturated heterocycles. The summed E-state index contributed by atoms with van der Waals surface area (Å²) in [5.74, 6) is 0.513. The highest BCUT2D eigenvalue weighted by molar-refractivity contribution is 7.89. The highest BCUT2D eigenvalue weighted by Crippen LogP contribution is 2.23. The van der Waals surface area contributed by atoms with Crippen LogP contribution in [0.15, 0.2) is 47.4 Å². The fraction of sp³-hybridized carbons (Fsp3) is 0.250. The van der Waals surface area contributed by atoms with Crippen molar-refractivity contribution in [1.29, 1.82) is 0 Å². The molecule has 2 N–H and O–H groups in total. The first kappa shape index (κ1) is 20.1. The Morgan fingerprint density at radius 3 is 2.46 bits per heavy atom. The van der Waals surface area contributed by atoms with Crippen molar-refractivity contribution < 1.29 is 18.1 Å². The number of nitrogens with two attached hydrogens (primary N) is 1. The van der Waals surface area contributed by atoms with Crippen LogP contribution in [0.2, 0.25) is 5.02 Å². The third kappa shape index (κ3) is 5.67. The number of nitro groups is 1. The van der Waals surface area contributed by atoms with Crippen molar-refractivity contribution in [2.75, 3.05) is 20.2 Å². The van der Waals surface area contributed by atoms with E-state index >= 15 is 0 Å². The van der Waals surface area contributed by atoms with E-state index in [-0.39, 0.29) is 10.6 Å². The first-order valence-corrected chi connectivity index (χ1v) is 9.46. The van der Waals surface area contributed by atoms with Gasteiger partial charge in [-0.2, -0.15) is 0 Å². The van der Waals surface area contributed by atoms with Crippen LogP contribution in [0.3, 0.4) is 0 Å². The Balaban J connectivity index is 1.88. The van der Waals surface area contributed by atoms with Gasteiger partial charge in [-0.3, -0.25) is 15.0 Å². The SMILES string of the molecule is CN(CCOc1ccc(S(N)(=O)=O)cc1)Cc1cc([N+](=O)[O-])ccc1Cl. The Labute approximate surface area is 156 Å². The predicted molar refractivity (Wildman–Crippen MR) is 97.8 cm³/mol. The van der Waals surface area contributed by atoms with Crippen molar-refractivity contribution in [2.24, 2.45) is 5.14 Å². The number of likely N-dealkylation sites (N-methyl/N-ethyl adjacent to an activating group) is 1. The van der Waals surface area contributed by atoms with Crippen molar-refractivity contribution >= 4 is 27.3 Å². The van der Waals surface area contributed by atoms with Crippen LogP contribution in [-0.2, 0) is 16.6 Å². The van der Waals surface area contributed by atoms with Crippen molar-refractivity contribution in [3.8, 4) is 5.75 Å². The summed E-state index contributed by atoms with van der Waals surface area (Å²) >= 11 is 6.09. The minimum absolute atomic E-state index is 0.0102. The van der Waals surface area contributed by atoms with E-state index < -0.39 is 14.9 Å². The van der Waals surface area contributed by atoms with Crippen LogP contribution in [0.25, 0.3) is 0 Å². The maximum atomic E-state index is 11.2. The van der Waals surface area contributed by atoms with Crippen LogP contribution < -0.4 is 9.88 Å². The lowest BCUT2D eigenvalue weighted by Gasteiger charge is -2.17. The molecule has 0 amide bonds. The summed E-state index contributed by atoms with van der Waals surface area (Å²) in [5, 5.41) is 16.3. The molecule has 0 aromatic heterocycles. The number of non-ortho nitro benzene ring substituents is 1. The van der Waals surface area contributed by atoms with Gasteiger partial charge in [-0.1, -0.05) is 11.6 Å². The first-order valence-electron chi connectivity index (χ1n) is 7.54. The molecule has 0 aliphatic carbocycles. The Morgan fingerprint density at radius 2 is 1.88 bits per heavy atom. The smallest absolute Gasteiger partial charge is 0.269 e. The first-order chi connectivity index (χ1) is 12.2. The quantitative estimate of drug-likeness (QED) is 0.538. The highest BCUT2D eigenvalue weighted by Gasteiger charge is 2.12. The highest BCUT2D eigenvalue weighted by atomic mass is 35.5. The number of halogens is 1. The Hall–Kier alpha value is -2.20. The van der Waals surface area contributed by atoms with Crippen LogP contribution in [-0.4, -0.2) is 38.4 Å². The predicted octanol–water partition coefficient (Wildman–Crippen LogP) is 2.41. The third-order valence-corrected chi connectivity index (χ3v) is 4.87. The van der Waals surface area contributed by atoms with Crippen molar-refractivity contribution in [1.82, 2.24) is 4.90 Å². The molecule has 10 heteroatoms. The lowest BCUT2D eigenvalue weighted by atomic mass is 10.2. The monoisotopic (exact) mass is 399 g/mol. The topological polar surface area (TPSA) is 116 Å². The summed E-state index contributed by atoms with van der Waals surface area (Å²) in [4.78, 5) is 12.3. The van der Waals surface area contributed by atoms with E-state index in [1.165, 1.54) is 42.5 Å². The minimum atomic E-state index is -3.73. The standard InChI is InChI=1S/C16H18ClN3O5S/c1-19(11-12-10-13(20(21)22)2-7-16(12)17)8-9-25-14-3-5-15(6-4-14)26(18,23)24/h2-7,10H,8-9,11H2,1H3,(H2,18,23,24). The van der Waals surface area contributed by atoms with E-state index in [9.17, 15) is 18.5 Å². The number of hydrogen-bond donors (Lipinski definition) is 1. The van der Waals surface area contributed by atoms with E-state index in [4.69, 9.17) is 21.5 Å². The van der Waals surface area contributed by atoms with Crippen LogP contribution in [0, 0.1) is 10.1 Å². The number of nitro benzene ring substituents is 1. The Morgan fingerprint density at radius 1 is 1.23 bits per heavy atom. The molecule has 140 valence electrons. The summed E-state index contributed by atoms with van der Waals surface area (Å²) < 4.78 is 27.9. The number of sulfonamides is 1. The van der Waals surface area contributed by atoms with Gasteiger partial charge in [0.05, 0.1) is 9.82 Å². The van der Waals surface area contributed by atoms with Gasteiger partial charge in [-0.05, 0) is 42.9 Å². The van der Waals surface area contributed by atoms with Gasteiger partial charge in [0, 0.05) is 30.2 Å². The van der Waals surface area contributed by atoms with E-state index in [0.717, 1.165) is 0 Å². The molecule has 2 aromatic carbocycles. The summed E-state index contributed by atoms with van der Waals surface area (Å²) in [7, 11) is -1.89. The second kappa shape index (κ2) is 8.45. The molecule has 0 fully saturated rings. The lowest BCUT2D eigenvalue weighted by molar-refractivity contribution is -0.384. The second-order valence-corrected chi connectivity index (χ2v) is 7.60. The van der Waals surface area contributed by atoms with Crippen LogP contribution >= 0.6 is 11.6 Å². The fourth-order valence-corrected chi connectivity index (χ4v) is 2.90. The molecule has 0 unspecified atom stereocenters. The molecule has 0 bridgehead atoms. The number of rotatable bonds is 8. The zero-order valence-electron chi connectivity index (χ0n) is 14.0. The normalized spacial score (nSPS) is 11.5. The maximum Gasteiger partial charge on any atom is 0.269 e. The summed E-state index contributed by atoms with van der Waals surface area (Å²) in [5.41, 5.74) is 0.643. The van der Waals surface area contributed by atoms with Crippen LogP contribution in [0.4, 0.5) is 5.69 Å². The molecule has 8 nitrogen and oxygen atoms in total. The van der Waals surface area contributed by atoms with Crippen LogP contribution in [0.1, 0.15) is 5.56 Å². The second-order valence-electron chi connectivity index (χ2n) is 5.64. The van der Waals surface area contributed by atoms with Gasteiger partial charge < -0.3 is 4.74 Å². The van der Waals surface area contributed by atoms with Crippen molar-refractivity contribution in [2.45, 2.75) is 11.4 Å². The van der Waals surface area contributed by atoms with Gasteiger partial charge in [0.2, 0.25) is 10.0 Å². The molecular formula is C16H18ClN3O5S. The van der Waals surface area contributed by atoms with Crippen molar-refractivity contribution in [3.05, 3.63) is 63.2 Å². The van der Waals surface area contributed by atoms with E-state index in [2.05, 4.69) is 0 Å². The number of benzene rings is 2. The Kier molecular flexibility index (Phi) is 6.54. The van der Waals surface area contributed by atoms with Gasteiger partial charge in [-0.25, -0.2) is 13.6 Å². The van der Waals surface area contributed by atoms with Gasteiger partial charge in [0.1, 0.15) is 12.4 Å². The zero-order valence-corrected chi connectivity index (χ0v) is 15.5. The summed E-state index contributed by atoms with van der Waals surface area (Å²) in [6, 6.07) is 10.1. The molecule has 0 saturated carbocycles. The molecule has 0 heterocycles. The van der Waals surface area contributed by atoms with Gasteiger partial charge in [-0.15, -0.1) is 0 Å². The third-order valence-electron chi connectivity index (χ3n) is 3.57. The number of nitrogens with zero attached hydrogens (tertiary/aromatic N) is 2. The van der Waals surface area contributed by atoms with Crippen LogP contribution in [0.5, 0.6) is 5.75 Å². The molecule has 0 radical (unpaired) electrons. The molecule has 0 atom stereocenters. The minimum Gasteiger partial charge on any atom is -0.492 e. The maximum absolute atomic E-state index is 11.2. The Bertz CT molecular complexity index is 887. The molecule has 2 aromatic rings. The largest absolute Gasteiger partial charge is 0.492 e. The number of ether oxygens (including phenoxy) is 1.